The topological polar surface area (TPSA) is 32.3 Å². The van der Waals surface area contributed by atoms with Gasteiger partial charge in [-0.25, -0.2) is 0 Å². The molecular weight excluding hydrogens is 248 g/mol. The lowest BCUT2D eigenvalue weighted by Gasteiger charge is -2.39. The second kappa shape index (κ2) is 5.47. The summed E-state index contributed by atoms with van der Waals surface area (Å²) >= 11 is 0. The normalized spacial score (nSPS) is 29.5. The van der Waals surface area contributed by atoms with Gasteiger partial charge in [0.15, 0.2) is 0 Å². The highest BCUT2D eigenvalue weighted by atomic mass is 16.2. The van der Waals surface area contributed by atoms with Gasteiger partial charge in [-0.3, -0.25) is 4.79 Å². The Hall–Kier alpha value is -1.51. The molecule has 3 nitrogen and oxygen atoms in total. The molecule has 3 atom stereocenters. The van der Waals surface area contributed by atoms with E-state index in [1.54, 1.807) is 0 Å². The molecule has 1 N–H and O–H groups in total. The highest BCUT2D eigenvalue weighted by Crippen LogP contribution is 2.30. The van der Waals surface area contributed by atoms with Gasteiger partial charge in [-0.2, -0.15) is 0 Å². The maximum atomic E-state index is 12.9. The van der Waals surface area contributed by atoms with Crippen LogP contribution in [-0.2, 0) is 11.2 Å². The van der Waals surface area contributed by atoms with Crippen LogP contribution < -0.4 is 5.32 Å². The number of nitrogens with zero attached hydrogens (tertiary/aromatic N) is 1. The number of benzene rings is 1. The zero-order valence-electron chi connectivity index (χ0n) is 12.4. The van der Waals surface area contributed by atoms with Crippen molar-refractivity contribution in [2.45, 2.75) is 51.6 Å². The van der Waals surface area contributed by atoms with Gasteiger partial charge in [0.05, 0.1) is 5.92 Å². The summed E-state index contributed by atoms with van der Waals surface area (Å²) in [5.74, 6) is 0.414. The molecule has 2 aliphatic heterocycles. The number of fused-ring (bicyclic) bond motifs is 1. The summed E-state index contributed by atoms with van der Waals surface area (Å²) in [6.45, 7) is 5.25. The number of carbonyl (C=O) groups is 1. The van der Waals surface area contributed by atoms with Gasteiger partial charge in [0.25, 0.3) is 0 Å². The first-order valence-corrected chi connectivity index (χ1v) is 7.81. The van der Waals surface area contributed by atoms with Crippen LogP contribution in [0.5, 0.6) is 0 Å². The van der Waals surface area contributed by atoms with Crippen molar-refractivity contribution >= 4 is 11.6 Å². The Morgan fingerprint density at radius 1 is 1.25 bits per heavy atom. The van der Waals surface area contributed by atoms with E-state index in [1.807, 2.05) is 6.07 Å². The molecule has 0 saturated carbocycles. The Labute approximate surface area is 121 Å². The summed E-state index contributed by atoms with van der Waals surface area (Å²) in [6, 6.07) is 8.96. The lowest BCUT2D eigenvalue weighted by Crippen LogP contribution is -2.50. The van der Waals surface area contributed by atoms with Crippen LogP contribution in [0.4, 0.5) is 5.69 Å². The van der Waals surface area contributed by atoms with E-state index in [9.17, 15) is 4.79 Å². The lowest BCUT2D eigenvalue weighted by atomic mass is 9.86. The van der Waals surface area contributed by atoms with Crippen LogP contribution in [0.25, 0.3) is 0 Å². The molecule has 3 unspecified atom stereocenters. The highest BCUT2D eigenvalue weighted by molar-refractivity contribution is 5.82. The predicted octanol–water partition coefficient (Wildman–Crippen LogP) is 3.06. The minimum Gasteiger partial charge on any atom is -0.382 e. The second-order valence-corrected chi connectivity index (χ2v) is 6.28. The maximum Gasteiger partial charge on any atom is 0.228 e. The van der Waals surface area contributed by atoms with Crippen molar-refractivity contribution in [2.75, 3.05) is 11.9 Å². The Kier molecular flexibility index (Phi) is 3.68. The molecular formula is C17H24N2O. The molecule has 1 fully saturated rings. The Bertz CT molecular complexity index is 500. The minimum absolute atomic E-state index is 0.0745. The molecule has 1 aromatic carbocycles. The number of nitrogens with one attached hydrogen (secondary N) is 1. The molecule has 1 aromatic rings. The SMILES string of the molecule is CC1Nc2ccccc2CC1C(=O)N1CCCCC1C. The largest absolute Gasteiger partial charge is 0.382 e. The van der Waals surface area contributed by atoms with Crippen molar-refractivity contribution in [3.05, 3.63) is 29.8 Å². The van der Waals surface area contributed by atoms with Crippen LogP contribution in [0, 0.1) is 5.92 Å². The molecule has 0 spiro atoms. The van der Waals surface area contributed by atoms with Crippen molar-refractivity contribution in [3.8, 4) is 0 Å². The molecule has 0 aromatic heterocycles. The first-order valence-electron chi connectivity index (χ1n) is 7.81. The van der Waals surface area contributed by atoms with Gasteiger partial charge in [0.2, 0.25) is 5.91 Å². The van der Waals surface area contributed by atoms with Gasteiger partial charge in [-0.15, -0.1) is 0 Å². The molecule has 3 rings (SSSR count). The number of anilines is 1. The third-order valence-corrected chi connectivity index (χ3v) is 4.85. The first kappa shape index (κ1) is 13.5. The van der Waals surface area contributed by atoms with Crippen LogP contribution in [0.3, 0.4) is 0 Å². The van der Waals surface area contributed by atoms with Gasteiger partial charge in [0.1, 0.15) is 0 Å². The summed E-state index contributed by atoms with van der Waals surface area (Å²) in [6.07, 6.45) is 4.43. The zero-order valence-corrected chi connectivity index (χ0v) is 12.4. The fourth-order valence-electron chi connectivity index (χ4n) is 3.54. The standard InChI is InChI=1S/C17H24N2O/c1-12-7-5-6-10-19(12)17(20)15-11-14-8-3-4-9-16(14)18-13(15)2/h3-4,8-9,12-13,15,18H,5-7,10-11H2,1-2H3. The van der Waals surface area contributed by atoms with E-state index in [2.05, 4.69) is 42.3 Å². The summed E-state index contributed by atoms with van der Waals surface area (Å²) in [5, 5.41) is 3.50. The van der Waals surface area contributed by atoms with E-state index in [-0.39, 0.29) is 12.0 Å². The summed E-state index contributed by atoms with van der Waals surface area (Å²) in [4.78, 5) is 15.0. The minimum atomic E-state index is 0.0745. The van der Waals surface area contributed by atoms with Gasteiger partial charge < -0.3 is 10.2 Å². The number of carbonyl (C=O) groups excluding carboxylic acids is 1. The molecule has 3 heteroatoms. The second-order valence-electron chi connectivity index (χ2n) is 6.28. The summed E-state index contributed by atoms with van der Waals surface area (Å²) in [7, 11) is 0. The van der Waals surface area contributed by atoms with Crippen LogP contribution in [0.1, 0.15) is 38.7 Å². The van der Waals surface area contributed by atoms with Crippen molar-refractivity contribution in [3.63, 3.8) is 0 Å². The molecule has 108 valence electrons. The number of para-hydroxylation sites is 1. The number of likely N-dealkylation sites (tertiary alicyclic amines) is 1. The average molecular weight is 272 g/mol. The fraction of sp³-hybridized carbons (Fsp3) is 0.588. The molecule has 0 aliphatic carbocycles. The number of piperidine rings is 1. The van der Waals surface area contributed by atoms with E-state index in [4.69, 9.17) is 0 Å². The van der Waals surface area contributed by atoms with E-state index in [1.165, 1.54) is 17.7 Å². The predicted molar refractivity (Wildman–Crippen MR) is 81.7 cm³/mol. The average Bonchev–Trinajstić information content (AvgIpc) is 2.46. The van der Waals surface area contributed by atoms with Gasteiger partial charge in [-0.05, 0) is 51.2 Å². The van der Waals surface area contributed by atoms with Crippen LogP contribution in [0.15, 0.2) is 24.3 Å². The maximum absolute atomic E-state index is 12.9. The molecule has 0 bridgehead atoms. The lowest BCUT2D eigenvalue weighted by molar-refractivity contribution is -0.139. The van der Waals surface area contributed by atoms with Crippen molar-refractivity contribution < 1.29 is 4.79 Å². The Morgan fingerprint density at radius 2 is 2.05 bits per heavy atom. The molecule has 0 radical (unpaired) electrons. The molecule has 1 saturated heterocycles. The zero-order chi connectivity index (χ0) is 14.1. The van der Waals surface area contributed by atoms with Gasteiger partial charge in [-0.1, -0.05) is 18.2 Å². The first-order chi connectivity index (χ1) is 9.66. The van der Waals surface area contributed by atoms with E-state index in [0.29, 0.717) is 11.9 Å². The number of amides is 1. The van der Waals surface area contributed by atoms with Crippen LogP contribution in [0.2, 0.25) is 0 Å². The van der Waals surface area contributed by atoms with E-state index in [0.717, 1.165) is 25.8 Å². The summed E-state index contributed by atoms with van der Waals surface area (Å²) in [5.41, 5.74) is 2.46. The fourth-order valence-corrected chi connectivity index (χ4v) is 3.54. The molecule has 1 amide bonds. The van der Waals surface area contributed by atoms with E-state index >= 15 is 0 Å². The summed E-state index contributed by atoms with van der Waals surface area (Å²) < 4.78 is 0. The third kappa shape index (κ3) is 2.41. The van der Waals surface area contributed by atoms with Crippen molar-refractivity contribution in [1.29, 1.82) is 0 Å². The highest BCUT2D eigenvalue weighted by Gasteiger charge is 2.35. The van der Waals surface area contributed by atoms with Gasteiger partial charge in [0, 0.05) is 24.3 Å². The van der Waals surface area contributed by atoms with E-state index < -0.39 is 0 Å². The van der Waals surface area contributed by atoms with Gasteiger partial charge >= 0.3 is 0 Å². The molecule has 2 aliphatic rings. The molecule has 2 heterocycles. The van der Waals surface area contributed by atoms with Crippen molar-refractivity contribution in [1.82, 2.24) is 4.90 Å². The Morgan fingerprint density at radius 3 is 2.85 bits per heavy atom. The van der Waals surface area contributed by atoms with Crippen molar-refractivity contribution in [2.24, 2.45) is 5.92 Å². The van der Waals surface area contributed by atoms with Crippen LogP contribution in [-0.4, -0.2) is 29.4 Å². The number of hydrogen-bond donors (Lipinski definition) is 1. The molecule has 20 heavy (non-hydrogen) atoms. The smallest absolute Gasteiger partial charge is 0.228 e. The quantitative estimate of drug-likeness (QED) is 0.852. The monoisotopic (exact) mass is 272 g/mol. The number of hydrogen-bond acceptors (Lipinski definition) is 2. The number of rotatable bonds is 1. The third-order valence-electron chi connectivity index (χ3n) is 4.85. The van der Waals surface area contributed by atoms with Crippen LogP contribution >= 0.6 is 0 Å². The Balaban J connectivity index is 1.78.